The molecular formula is C20H25N3O2S. The molecule has 1 aromatic heterocycles. The van der Waals surface area contributed by atoms with Crippen LogP contribution >= 0.6 is 11.3 Å². The van der Waals surface area contributed by atoms with E-state index < -0.39 is 0 Å². The fourth-order valence-electron chi connectivity index (χ4n) is 3.15. The van der Waals surface area contributed by atoms with Crippen molar-refractivity contribution in [2.75, 3.05) is 20.1 Å². The molecule has 2 aromatic rings. The van der Waals surface area contributed by atoms with Crippen molar-refractivity contribution >= 4 is 23.2 Å². The topological polar surface area (TPSA) is 53.5 Å². The fraction of sp³-hybridized carbons (Fsp3) is 0.450. The standard InChI is InChI=1S/C20H25N3O2S/c1-14(2)20-21-17(13-26-20)11-22(3)19(25)12-23-10-16(9-18(23)24)15-7-5-4-6-8-15/h4-8,13-14,16H,9-12H2,1-3H3. The zero-order chi connectivity index (χ0) is 18.7. The summed E-state index contributed by atoms with van der Waals surface area (Å²) in [6.45, 7) is 5.45. The van der Waals surface area contributed by atoms with Crippen LogP contribution < -0.4 is 0 Å². The van der Waals surface area contributed by atoms with Crippen LogP contribution in [-0.4, -0.2) is 46.7 Å². The maximum atomic E-state index is 12.5. The Labute approximate surface area is 158 Å². The normalized spacial score (nSPS) is 17.2. The van der Waals surface area contributed by atoms with Crippen LogP contribution in [0.2, 0.25) is 0 Å². The Bertz CT molecular complexity index is 772. The van der Waals surface area contributed by atoms with E-state index in [1.807, 2.05) is 35.7 Å². The molecule has 1 fully saturated rings. The minimum Gasteiger partial charge on any atom is -0.338 e. The van der Waals surface area contributed by atoms with Crippen LogP contribution in [0.4, 0.5) is 0 Å². The van der Waals surface area contributed by atoms with E-state index in [0.717, 1.165) is 16.3 Å². The van der Waals surface area contributed by atoms with E-state index in [1.165, 1.54) is 0 Å². The quantitative estimate of drug-likeness (QED) is 0.783. The summed E-state index contributed by atoms with van der Waals surface area (Å²) < 4.78 is 0. The predicted molar refractivity (Wildman–Crippen MR) is 103 cm³/mol. The fourth-order valence-corrected chi connectivity index (χ4v) is 3.98. The Kier molecular flexibility index (Phi) is 5.71. The molecule has 0 aliphatic carbocycles. The maximum absolute atomic E-state index is 12.5. The molecule has 0 saturated carbocycles. The number of aromatic nitrogens is 1. The second-order valence-corrected chi connectivity index (χ2v) is 8.06. The molecule has 1 aliphatic rings. The van der Waals surface area contributed by atoms with E-state index in [9.17, 15) is 9.59 Å². The first kappa shape index (κ1) is 18.6. The highest BCUT2D eigenvalue weighted by Gasteiger charge is 2.32. The third-order valence-corrected chi connectivity index (χ3v) is 5.89. The minimum atomic E-state index is -0.0499. The summed E-state index contributed by atoms with van der Waals surface area (Å²) in [5, 5.41) is 3.09. The summed E-state index contributed by atoms with van der Waals surface area (Å²) in [6, 6.07) is 10.0. The molecular weight excluding hydrogens is 346 g/mol. The van der Waals surface area contributed by atoms with E-state index in [2.05, 4.69) is 18.8 Å². The highest BCUT2D eigenvalue weighted by atomic mass is 32.1. The lowest BCUT2D eigenvalue weighted by atomic mass is 9.99. The van der Waals surface area contributed by atoms with Crippen LogP contribution in [0.3, 0.4) is 0 Å². The lowest BCUT2D eigenvalue weighted by Gasteiger charge is -2.21. The largest absolute Gasteiger partial charge is 0.338 e. The number of amides is 2. The van der Waals surface area contributed by atoms with Gasteiger partial charge in [0.1, 0.15) is 0 Å². The first-order valence-electron chi connectivity index (χ1n) is 8.95. The Morgan fingerprint density at radius 2 is 2.08 bits per heavy atom. The van der Waals surface area contributed by atoms with E-state index in [4.69, 9.17) is 0 Å². The number of rotatable bonds is 6. The molecule has 0 bridgehead atoms. The van der Waals surface area contributed by atoms with Crippen molar-refractivity contribution in [3.63, 3.8) is 0 Å². The molecule has 1 aliphatic heterocycles. The molecule has 138 valence electrons. The number of likely N-dealkylation sites (tertiary alicyclic amines) is 1. The first-order chi connectivity index (χ1) is 12.4. The molecule has 2 heterocycles. The highest BCUT2D eigenvalue weighted by molar-refractivity contribution is 7.09. The molecule has 1 aromatic carbocycles. The van der Waals surface area contributed by atoms with Gasteiger partial charge in [-0.3, -0.25) is 9.59 Å². The molecule has 3 rings (SSSR count). The summed E-state index contributed by atoms with van der Waals surface area (Å²) in [7, 11) is 1.77. The van der Waals surface area contributed by atoms with Crippen LogP contribution in [0.25, 0.3) is 0 Å². The van der Waals surface area contributed by atoms with Gasteiger partial charge in [0.2, 0.25) is 11.8 Å². The second kappa shape index (κ2) is 7.99. The van der Waals surface area contributed by atoms with Crippen molar-refractivity contribution in [3.8, 4) is 0 Å². The van der Waals surface area contributed by atoms with Crippen molar-refractivity contribution in [2.45, 2.75) is 38.6 Å². The van der Waals surface area contributed by atoms with E-state index in [0.29, 0.717) is 25.4 Å². The van der Waals surface area contributed by atoms with Gasteiger partial charge in [-0.05, 0) is 5.56 Å². The van der Waals surface area contributed by atoms with Crippen LogP contribution in [0.1, 0.15) is 48.4 Å². The van der Waals surface area contributed by atoms with Gasteiger partial charge in [0, 0.05) is 37.2 Å². The summed E-state index contributed by atoms with van der Waals surface area (Å²) >= 11 is 1.63. The van der Waals surface area contributed by atoms with Crippen molar-refractivity contribution in [1.82, 2.24) is 14.8 Å². The van der Waals surface area contributed by atoms with Crippen LogP contribution in [0.5, 0.6) is 0 Å². The SMILES string of the molecule is CC(C)c1nc(CN(C)C(=O)CN2CC(c3ccccc3)CC2=O)cs1. The molecule has 0 spiro atoms. The van der Waals surface area contributed by atoms with Gasteiger partial charge in [-0.1, -0.05) is 44.2 Å². The van der Waals surface area contributed by atoms with E-state index >= 15 is 0 Å². The molecule has 26 heavy (non-hydrogen) atoms. The van der Waals surface area contributed by atoms with Gasteiger partial charge >= 0.3 is 0 Å². The molecule has 5 nitrogen and oxygen atoms in total. The predicted octanol–water partition coefficient (Wildman–Crippen LogP) is 3.24. The molecule has 6 heteroatoms. The molecule has 0 radical (unpaired) electrons. The van der Waals surface area contributed by atoms with Gasteiger partial charge in [0.15, 0.2) is 0 Å². The number of carbonyl (C=O) groups excluding carboxylic acids is 2. The van der Waals surface area contributed by atoms with Crippen molar-refractivity contribution < 1.29 is 9.59 Å². The third kappa shape index (κ3) is 4.30. The molecule has 2 amide bonds. The minimum absolute atomic E-state index is 0.0499. The average Bonchev–Trinajstić information content (AvgIpc) is 3.23. The summed E-state index contributed by atoms with van der Waals surface area (Å²) in [5.41, 5.74) is 2.07. The Morgan fingerprint density at radius 3 is 2.73 bits per heavy atom. The number of carbonyl (C=O) groups is 2. The smallest absolute Gasteiger partial charge is 0.242 e. The number of hydrogen-bond donors (Lipinski definition) is 0. The average molecular weight is 372 g/mol. The summed E-state index contributed by atoms with van der Waals surface area (Å²) in [4.78, 5) is 32.7. The lowest BCUT2D eigenvalue weighted by molar-refractivity contribution is -0.137. The van der Waals surface area contributed by atoms with Gasteiger partial charge in [-0.2, -0.15) is 0 Å². The molecule has 1 unspecified atom stereocenters. The van der Waals surface area contributed by atoms with Crippen molar-refractivity contribution in [3.05, 3.63) is 52.0 Å². The molecule has 1 saturated heterocycles. The Morgan fingerprint density at radius 1 is 1.35 bits per heavy atom. The summed E-state index contributed by atoms with van der Waals surface area (Å²) in [6.07, 6.45) is 0.477. The Balaban J connectivity index is 1.56. The van der Waals surface area contributed by atoms with Crippen molar-refractivity contribution in [2.24, 2.45) is 0 Å². The van der Waals surface area contributed by atoms with Gasteiger partial charge in [-0.25, -0.2) is 4.98 Å². The monoisotopic (exact) mass is 371 g/mol. The van der Waals surface area contributed by atoms with Crippen LogP contribution in [0, 0.1) is 0 Å². The summed E-state index contributed by atoms with van der Waals surface area (Å²) in [5.74, 6) is 0.573. The van der Waals surface area contributed by atoms with Crippen LogP contribution in [0.15, 0.2) is 35.7 Å². The van der Waals surface area contributed by atoms with Gasteiger partial charge in [0.25, 0.3) is 0 Å². The second-order valence-electron chi connectivity index (χ2n) is 7.17. The number of benzene rings is 1. The number of likely N-dealkylation sites (N-methyl/N-ethyl adjacent to an activating group) is 1. The maximum Gasteiger partial charge on any atom is 0.242 e. The van der Waals surface area contributed by atoms with Gasteiger partial charge in [0.05, 0.1) is 23.8 Å². The van der Waals surface area contributed by atoms with Crippen molar-refractivity contribution in [1.29, 1.82) is 0 Å². The third-order valence-electron chi connectivity index (χ3n) is 4.70. The zero-order valence-corrected chi connectivity index (χ0v) is 16.3. The van der Waals surface area contributed by atoms with Gasteiger partial charge < -0.3 is 9.80 Å². The lowest BCUT2D eigenvalue weighted by Crippen LogP contribution is -2.38. The van der Waals surface area contributed by atoms with E-state index in [1.54, 1.807) is 28.2 Å². The highest BCUT2D eigenvalue weighted by Crippen LogP contribution is 2.28. The first-order valence-corrected chi connectivity index (χ1v) is 9.83. The molecule has 0 N–H and O–H groups in total. The van der Waals surface area contributed by atoms with Crippen LogP contribution in [-0.2, 0) is 16.1 Å². The van der Waals surface area contributed by atoms with E-state index in [-0.39, 0.29) is 24.3 Å². The number of nitrogens with zero attached hydrogens (tertiary/aromatic N) is 3. The van der Waals surface area contributed by atoms with Gasteiger partial charge in [-0.15, -0.1) is 11.3 Å². The number of thiazole rings is 1. The Hall–Kier alpha value is -2.21. The zero-order valence-electron chi connectivity index (χ0n) is 15.5. The molecule has 1 atom stereocenters. The number of hydrogen-bond acceptors (Lipinski definition) is 4.